The molecule has 0 aromatic heterocycles. The van der Waals surface area contributed by atoms with Crippen molar-refractivity contribution in [1.82, 2.24) is 5.48 Å². The van der Waals surface area contributed by atoms with Crippen LogP contribution in [0.3, 0.4) is 0 Å². The zero-order valence-electron chi connectivity index (χ0n) is 10.3. The molecule has 0 aliphatic rings. The summed E-state index contributed by atoms with van der Waals surface area (Å²) in [5.41, 5.74) is 4.66. The summed E-state index contributed by atoms with van der Waals surface area (Å²) in [6, 6.07) is 8.34. The van der Waals surface area contributed by atoms with Crippen molar-refractivity contribution in [2.45, 2.75) is 38.8 Å². The second-order valence-corrected chi connectivity index (χ2v) is 4.65. The smallest absolute Gasteiger partial charge is 0.0594 e. The van der Waals surface area contributed by atoms with E-state index in [0.717, 1.165) is 12.8 Å². The highest BCUT2D eigenvalue weighted by atomic mass is 16.6. The Morgan fingerprint density at radius 1 is 1.19 bits per heavy atom. The Bertz CT molecular complexity index is 301. The third-order valence-corrected chi connectivity index (χ3v) is 2.47. The van der Waals surface area contributed by atoms with Crippen LogP contribution < -0.4 is 5.48 Å². The van der Waals surface area contributed by atoms with Crippen molar-refractivity contribution < 1.29 is 9.94 Å². The Kier molecular flexibility index (Phi) is 4.93. The Hall–Kier alpha value is -0.900. The fraction of sp³-hybridized carbons (Fsp3) is 0.538. The minimum atomic E-state index is -0.587. The maximum atomic E-state index is 9.62. The van der Waals surface area contributed by atoms with Gasteiger partial charge in [0, 0.05) is 6.54 Å². The molecule has 90 valence electrons. The first kappa shape index (κ1) is 13.2. The predicted octanol–water partition coefficient (Wildman–Crippen LogP) is 2.04. The molecule has 0 atom stereocenters. The second-order valence-electron chi connectivity index (χ2n) is 4.65. The predicted molar refractivity (Wildman–Crippen MR) is 64.9 cm³/mol. The number of rotatable bonds is 6. The van der Waals surface area contributed by atoms with Gasteiger partial charge in [0.25, 0.3) is 0 Å². The number of hydrogen-bond acceptors (Lipinski definition) is 3. The molecule has 2 N–H and O–H groups in total. The van der Waals surface area contributed by atoms with Crippen LogP contribution in [0.1, 0.15) is 31.4 Å². The molecule has 0 aliphatic carbocycles. The number of benzene rings is 1. The lowest BCUT2D eigenvalue weighted by molar-refractivity contribution is 0.0714. The van der Waals surface area contributed by atoms with Gasteiger partial charge < -0.3 is 9.94 Å². The van der Waals surface area contributed by atoms with Gasteiger partial charge in [-0.1, -0.05) is 24.3 Å². The van der Waals surface area contributed by atoms with Gasteiger partial charge in [0.05, 0.1) is 12.7 Å². The van der Waals surface area contributed by atoms with Crippen molar-refractivity contribution in [2.24, 2.45) is 0 Å². The summed E-state index contributed by atoms with van der Waals surface area (Å²) in [5.74, 6) is 0. The van der Waals surface area contributed by atoms with Crippen molar-refractivity contribution >= 4 is 0 Å². The summed E-state index contributed by atoms with van der Waals surface area (Å²) < 4.78 is 0. The summed E-state index contributed by atoms with van der Waals surface area (Å²) in [6.45, 7) is 4.38. The molecule has 0 spiro atoms. The van der Waals surface area contributed by atoms with E-state index in [1.165, 1.54) is 11.1 Å². The highest BCUT2D eigenvalue weighted by Gasteiger charge is 2.11. The van der Waals surface area contributed by atoms with Crippen LogP contribution in [-0.4, -0.2) is 17.8 Å². The van der Waals surface area contributed by atoms with Gasteiger partial charge in [-0.15, -0.1) is 0 Å². The van der Waals surface area contributed by atoms with Crippen LogP contribution in [0, 0.1) is 0 Å². The van der Waals surface area contributed by atoms with E-state index in [-0.39, 0.29) is 0 Å². The SMILES string of the molecule is CONCc1ccc(CCC(C)(C)O)cc1. The lowest BCUT2D eigenvalue weighted by Crippen LogP contribution is -2.19. The van der Waals surface area contributed by atoms with E-state index >= 15 is 0 Å². The highest BCUT2D eigenvalue weighted by molar-refractivity contribution is 5.22. The van der Waals surface area contributed by atoms with Crippen molar-refractivity contribution in [3.63, 3.8) is 0 Å². The molecule has 3 heteroatoms. The summed E-state index contributed by atoms with van der Waals surface area (Å²) in [4.78, 5) is 4.79. The van der Waals surface area contributed by atoms with E-state index in [9.17, 15) is 5.11 Å². The molecule has 0 fully saturated rings. The average molecular weight is 223 g/mol. The minimum absolute atomic E-state index is 0.587. The number of aliphatic hydroxyl groups is 1. The fourth-order valence-electron chi connectivity index (χ4n) is 1.43. The van der Waals surface area contributed by atoms with Gasteiger partial charge in [0.1, 0.15) is 0 Å². The molecule has 1 aromatic rings. The zero-order valence-corrected chi connectivity index (χ0v) is 10.3. The quantitative estimate of drug-likeness (QED) is 0.725. The maximum Gasteiger partial charge on any atom is 0.0594 e. The molecule has 1 rings (SSSR count). The zero-order chi connectivity index (χ0) is 12.0. The minimum Gasteiger partial charge on any atom is -0.390 e. The van der Waals surface area contributed by atoms with Gasteiger partial charge in [-0.2, -0.15) is 5.48 Å². The van der Waals surface area contributed by atoms with Crippen LogP contribution in [0.15, 0.2) is 24.3 Å². The molecule has 0 aliphatic heterocycles. The third kappa shape index (κ3) is 5.26. The van der Waals surface area contributed by atoms with Crippen molar-refractivity contribution in [3.05, 3.63) is 35.4 Å². The first-order valence-electron chi connectivity index (χ1n) is 5.57. The van der Waals surface area contributed by atoms with Crippen LogP contribution in [0.4, 0.5) is 0 Å². The van der Waals surface area contributed by atoms with Crippen LogP contribution in [0.25, 0.3) is 0 Å². The van der Waals surface area contributed by atoms with Gasteiger partial charge >= 0.3 is 0 Å². The van der Waals surface area contributed by atoms with Gasteiger partial charge in [0.2, 0.25) is 0 Å². The third-order valence-electron chi connectivity index (χ3n) is 2.47. The standard InChI is InChI=1S/C13H21NO2/c1-13(2,15)9-8-11-4-6-12(7-5-11)10-14-16-3/h4-7,14-15H,8-10H2,1-3H3. The Morgan fingerprint density at radius 2 is 1.75 bits per heavy atom. The van der Waals surface area contributed by atoms with Gasteiger partial charge in [-0.05, 0) is 37.8 Å². The van der Waals surface area contributed by atoms with Crippen LogP contribution in [-0.2, 0) is 17.8 Å². The topological polar surface area (TPSA) is 41.5 Å². The second kappa shape index (κ2) is 5.99. The molecule has 0 bridgehead atoms. The van der Waals surface area contributed by atoms with E-state index in [0.29, 0.717) is 6.54 Å². The Morgan fingerprint density at radius 3 is 2.25 bits per heavy atom. The molecule has 1 aromatic carbocycles. The molecular weight excluding hydrogens is 202 g/mol. The van der Waals surface area contributed by atoms with Crippen molar-refractivity contribution in [2.75, 3.05) is 7.11 Å². The average Bonchev–Trinajstić information content (AvgIpc) is 2.24. The molecule has 0 heterocycles. The first-order chi connectivity index (χ1) is 7.51. The fourth-order valence-corrected chi connectivity index (χ4v) is 1.43. The molecule has 0 saturated carbocycles. The van der Waals surface area contributed by atoms with Crippen LogP contribution in [0.2, 0.25) is 0 Å². The monoisotopic (exact) mass is 223 g/mol. The lowest BCUT2D eigenvalue weighted by atomic mass is 9.98. The molecular formula is C13H21NO2. The van der Waals surface area contributed by atoms with Crippen LogP contribution in [0.5, 0.6) is 0 Å². The van der Waals surface area contributed by atoms with Gasteiger partial charge in [-0.3, -0.25) is 0 Å². The summed E-state index contributed by atoms with van der Waals surface area (Å²) in [5, 5.41) is 9.62. The molecule has 0 amide bonds. The number of nitrogens with one attached hydrogen (secondary N) is 1. The molecule has 16 heavy (non-hydrogen) atoms. The van der Waals surface area contributed by atoms with E-state index in [2.05, 4.69) is 29.7 Å². The summed E-state index contributed by atoms with van der Waals surface area (Å²) in [7, 11) is 1.61. The van der Waals surface area contributed by atoms with Crippen molar-refractivity contribution in [3.8, 4) is 0 Å². The van der Waals surface area contributed by atoms with E-state index in [1.807, 2.05) is 13.8 Å². The van der Waals surface area contributed by atoms with E-state index in [1.54, 1.807) is 7.11 Å². The summed E-state index contributed by atoms with van der Waals surface area (Å²) in [6.07, 6.45) is 1.68. The summed E-state index contributed by atoms with van der Waals surface area (Å²) >= 11 is 0. The van der Waals surface area contributed by atoms with Crippen molar-refractivity contribution in [1.29, 1.82) is 0 Å². The number of aryl methyl sites for hydroxylation is 1. The Balaban J connectivity index is 2.45. The first-order valence-corrected chi connectivity index (χ1v) is 5.57. The lowest BCUT2D eigenvalue weighted by Gasteiger charge is -2.16. The molecule has 3 nitrogen and oxygen atoms in total. The normalized spacial score (nSPS) is 11.8. The molecule has 0 radical (unpaired) electrons. The largest absolute Gasteiger partial charge is 0.390 e. The highest BCUT2D eigenvalue weighted by Crippen LogP contribution is 2.13. The maximum absolute atomic E-state index is 9.62. The Labute approximate surface area is 97.4 Å². The van der Waals surface area contributed by atoms with E-state index in [4.69, 9.17) is 4.84 Å². The number of hydroxylamine groups is 1. The number of hydrogen-bond donors (Lipinski definition) is 2. The van der Waals surface area contributed by atoms with E-state index < -0.39 is 5.60 Å². The van der Waals surface area contributed by atoms with Crippen LogP contribution >= 0.6 is 0 Å². The molecule has 0 saturated heterocycles. The van der Waals surface area contributed by atoms with Gasteiger partial charge in [-0.25, -0.2) is 0 Å². The molecule has 0 unspecified atom stereocenters. The van der Waals surface area contributed by atoms with Gasteiger partial charge in [0.15, 0.2) is 0 Å².